The molecule has 6 atom stereocenters. The molecular weight excluding hydrogens is 703 g/mol. The average Bonchev–Trinajstić information content (AvgIpc) is 3.45. The molecular formula is C41H53N7O5S. The molecule has 288 valence electrons. The molecule has 1 saturated heterocycles. The van der Waals surface area contributed by atoms with E-state index in [0.717, 1.165) is 62.8 Å². The van der Waals surface area contributed by atoms with E-state index in [-0.39, 0.29) is 48.7 Å². The predicted molar refractivity (Wildman–Crippen MR) is 209 cm³/mol. The molecule has 3 aliphatic rings. The van der Waals surface area contributed by atoms with Crippen LogP contribution >= 0.6 is 11.3 Å². The number of carbonyl (C=O) groups excluding carboxylic acids is 3. The first-order valence-electron chi connectivity index (χ1n) is 19.2. The number of pyridine rings is 1. The Morgan fingerprint density at radius 2 is 2.06 bits per heavy atom. The number of aromatic nitrogens is 3. The van der Waals surface area contributed by atoms with Crippen LogP contribution in [0.2, 0.25) is 0 Å². The van der Waals surface area contributed by atoms with Crippen LogP contribution in [0.15, 0.2) is 41.9 Å². The van der Waals surface area contributed by atoms with Crippen LogP contribution in [0.5, 0.6) is 0 Å². The number of thiazole rings is 1. The number of benzene rings is 1. The molecule has 3 N–H and O–H groups in total. The molecule has 12 nitrogen and oxygen atoms in total. The average molecular weight is 756 g/mol. The van der Waals surface area contributed by atoms with Gasteiger partial charge in [-0.2, -0.15) is 0 Å². The number of amides is 2. The Morgan fingerprint density at radius 3 is 2.81 bits per heavy atom. The van der Waals surface area contributed by atoms with Gasteiger partial charge < -0.3 is 24.7 Å². The maximum Gasteiger partial charge on any atom is 0.324 e. The van der Waals surface area contributed by atoms with Crippen molar-refractivity contribution in [2.24, 2.45) is 23.2 Å². The highest BCUT2D eigenvalue weighted by Crippen LogP contribution is 2.46. The highest BCUT2D eigenvalue weighted by Gasteiger charge is 2.51. The third kappa shape index (κ3) is 7.43. The van der Waals surface area contributed by atoms with Gasteiger partial charge in [-0.05, 0) is 88.4 Å². The number of rotatable bonds is 8. The van der Waals surface area contributed by atoms with E-state index < -0.39 is 23.5 Å². The minimum absolute atomic E-state index is 0.124. The second-order valence-corrected chi connectivity index (χ2v) is 16.8. The maximum atomic E-state index is 14.2. The Morgan fingerprint density at radius 1 is 1.24 bits per heavy atom. The SMILES string of the molecule is CCn1c(-c2cccnc2[C@H](C)OC)c2c3cc(ccc31)-c1csc(n1)C[C@H](NC(=O)[C@@H]1[C@@H](C)[C@H]1CNC)C(=O)N1CCC[C@H](N1)C(=O)OCC(C)(C)C2. The molecule has 1 aromatic carbocycles. The lowest BCUT2D eigenvalue weighted by atomic mass is 9.84. The van der Waals surface area contributed by atoms with Gasteiger partial charge in [-0.3, -0.25) is 24.4 Å². The summed E-state index contributed by atoms with van der Waals surface area (Å²) in [5.41, 5.74) is 9.67. The number of hydrogen-bond acceptors (Lipinski definition) is 10. The summed E-state index contributed by atoms with van der Waals surface area (Å²) < 4.78 is 14.2. The Kier molecular flexibility index (Phi) is 11.0. The fourth-order valence-electron chi connectivity index (χ4n) is 8.36. The van der Waals surface area contributed by atoms with Gasteiger partial charge in [-0.25, -0.2) is 10.4 Å². The first-order valence-corrected chi connectivity index (χ1v) is 20.1. The summed E-state index contributed by atoms with van der Waals surface area (Å²) in [6.07, 6.45) is 3.61. The zero-order chi connectivity index (χ0) is 38.3. The molecule has 4 aromatic rings. The molecule has 7 rings (SSSR count). The molecule has 13 heteroatoms. The van der Waals surface area contributed by atoms with E-state index in [1.807, 2.05) is 25.4 Å². The maximum absolute atomic E-state index is 14.2. The van der Waals surface area contributed by atoms with Gasteiger partial charge in [0.1, 0.15) is 12.1 Å². The fraction of sp³-hybridized carbons (Fsp3) is 0.537. The Balaban J connectivity index is 1.33. The summed E-state index contributed by atoms with van der Waals surface area (Å²) in [6, 6.07) is 9.02. The molecule has 5 heterocycles. The molecule has 2 aliphatic heterocycles. The summed E-state index contributed by atoms with van der Waals surface area (Å²) in [4.78, 5) is 51.3. The number of aryl methyl sites for hydroxylation is 1. The lowest BCUT2D eigenvalue weighted by Crippen LogP contribution is -2.60. The van der Waals surface area contributed by atoms with Gasteiger partial charge in [-0.15, -0.1) is 11.3 Å². The topological polar surface area (TPSA) is 140 Å². The monoisotopic (exact) mass is 755 g/mol. The van der Waals surface area contributed by atoms with Crippen molar-refractivity contribution in [2.45, 2.75) is 85.0 Å². The second kappa shape index (κ2) is 15.5. The van der Waals surface area contributed by atoms with E-state index in [2.05, 4.69) is 72.6 Å². The number of hydrogen-bond donors (Lipinski definition) is 3. The van der Waals surface area contributed by atoms with Gasteiger partial charge in [0.2, 0.25) is 5.91 Å². The van der Waals surface area contributed by atoms with E-state index in [1.165, 1.54) is 16.3 Å². The lowest BCUT2D eigenvalue weighted by molar-refractivity contribution is -0.155. The quantitative estimate of drug-likeness (QED) is 0.205. The summed E-state index contributed by atoms with van der Waals surface area (Å²) in [5, 5.41) is 11.6. The van der Waals surface area contributed by atoms with Crippen LogP contribution < -0.4 is 16.1 Å². The van der Waals surface area contributed by atoms with E-state index in [0.29, 0.717) is 25.8 Å². The van der Waals surface area contributed by atoms with Crippen molar-refractivity contribution < 1.29 is 23.9 Å². The van der Waals surface area contributed by atoms with Crippen molar-refractivity contribution in [1.82, 2.24) is 35.6 Å². The van der Waals surface area contributed by atoms with Crippen LogP contribution in [-0.2, 0) is 43.2 Å². The van der Waals surface area contributed by atoms with Crippen LogP contribution in [0.4, 0.5) is 0 Å². The van der Waals surface area contributed by atoms with Crippen molar-refractivity contribution in [3.05, 3.63) is 58.2 Å². The molecule has 0 unspecified atom stereocenters. The fourth-order valence-corrected chi connectivity index (χ4v) is 9.21. The smallest absolute Gasteiger partial charge is 0.324 e. The zero-order valence-corrected chi connectivity index (χ0v) is 33.2. The zero-order valence-electron chi connectivity index (χ0n) is 32.4. The van der Waals surface area contributed by atoms with Gasteiger partial charge in [0.25, 0.3) is 5.91 Å². The predicted octanol–water partition coefficient (Wildman–Crippen LogP) is 5.30. The molecule has 54 heavy (non-hydrogen) atoms. The van der Waals surface area contributed by atoms with E-state index in [4.69, 9.17) is 19.4 Å². The number of nitrogens with zero attached hydrogens (tertiary/aromatic N) is 4. The first-order chi connectivity index (χ1) is 25.9. The van der Waals surface area contributed by atoms with Crippen LogP contribution in [0, 0.1) is 23.2 Å². The second-order valence-electron chi connectivity index (χ2n) is 15.9. The first kappa shape index (κ1) is 38.1. The van der Waals surface area contributed by atoms with Crippen molar-refractivity contribution in [2.75, 3.05) is 33.9 Å². The number of carbonyl (C=O) groups is 3. The van der Waals surface area contributed by atoms with Crippen LogP contribution in [0.1, 0.15) is 69.8 Å². The number of cyclic esters (lactones) is 1. The Bertz CT molecular complexity index is 2040. The summed E-state index contributed by atoms with van der Waals surface area (Å²) in [7, 11) is 3.58. The Hall–Kier alpha value is -4.17. The summed E-state index contributed by atoms with van der Waals surface area (Å²) >= 11 is 1.48. The van der Waals surface area contributed by atoms with Crippen LogP contribution in [0.3, 0.4) is 0 Å². The van der Waals surface area contributed by atoms with E-state index in [1.54, 1.807) is 13.3 Å². The summed E-state index contributed by atoms with van der Waals surface area (Å²) in [5.74, 6) is -0.507. The number of fused-ring (bicyclic) bond motifs is 6. The molecule has 3 aromatic heterocycles. The van der Waals surface area contributed by atoms with Gasteiger partial charge in [-0.1, -0.05) is 26.8 Å². The molecule has 1 aliphatic carbocycles. The summed E-state index contributed by atoms with van der Waals surface area (Å²) in [6.45, 7) is 12.6. The number of ether oxygens (including phenoxy) is 2. The van der Waals surface area contributed by atoms with Crippen LogP contribution in [-0.4, -0.2) is 83.3 Å². The molecule has 0 spiro atoms. The lowest BCUT2D eigenvalue weighted by Gasteiger charge is -2.35. The van der Waals surface area contributed by atoms with Crippen molar-refractivity contribution >= 4 is 40.0 Å². The standard InChI is InChI=1S/C41H53N7O5S/c1-8-47-33-14-13-25-17-27(33)28(37(47)26-11-9-15-43-36(26)24(3)52-7)19-41(4,5)22-53-40(51)30-12-10-16-48(46-30)39(50)31(18-34-44-32(25)21-54-34)45-38(49)35-23(2)29(35)20-42-6/h9,11,13-15,17,21,23-24,29-31,35,42,46H,8,10,12,16,18-20,22H2,1-7H3,(H,45,49)/t23-,24-,29+,30-,31-,35+/m0/s1. The van der Waals surface area contributed by atoms with Gasteiger partial charge in [0.15, 0.2) is 0 Å². The van der Waals surface area contributed by atoms with Crippen molar-refractivity contribution in [3.8, 4) is 22.5 Å². The number of hydrazine groups is 1. The number of methoxy groups -OCH3 is 1. The van der Waals surface area contributed by atoms with Gasteiger partial charge in [0.05, 0.1) is 34.8 Å². The minimum Gasteiger partial charge on any atom is -0.464 e. The van der Waals surface area contributed by atoms with E-state index >= 15 is 0 Å². The van der Waals surface area contributed by atoms with Gasteiger partial charge >= 0.3 is 5.97 Å². The van der Waals surface area contributed by atoms with Crippen molar-refractivity contribution in [3.63, 3.8) is 0 Å². The normalized spacial score (nSPS) is 24.9. The van der Waals surface area contributed by atoms with Crippen molar-refractivity contribution in [1.29, 1.82) is 0 Å². The van der Waals surface area contributed by atoms with E-state index in [9.17, 15) is 14.4 Å². The largest absolute Gasteiger partial charge is 0.464 e. The third-order valence-electron chi connectivity index (χ3n) is 11.5. The number of esters is 1. The molecule has 2 amide bonds. The highest BCUT2D eigenvalue weighted by atomic mass is 32.1. The number of nitrogens with one attached hydrogen (secondary N) is 3. The molecule has 1 saturated carbocycles. The molecule has 2 fully saturated rings. The molecule has 0 radical (unpaired) electrons. The highest BCUT2D eigenvalue weighted by molar-refractivity contribution is 7.10. The third-order valence-corrected chi connectivity index (χ3v) is 12.3. The Labute approximate surface area is 321 Å². The van der Waals surface area contributed by atoms with Gasteiger partial charge in [0, 0.05) is 71.6 Å². The molecule has 6 bridgehead atoms. The van der Waals surface area contributed by atoms with Crippen LogP contribution in [0.25, 0.3) is 33.4 Å². The minimum atomic E-state index is -0.849.